The fourth-order valence-electron chi connectivity index (χ4n) is 3.84. The molecule has 1 aliphatic heterocycles. The van der Waals surface area contributed by atoms with E-state index in [-0.39, 0.29) is 24.3 Å². The first-order chi connectivity index (χ1) is 13.2. The number of nitrogens with one attached hydrogen (secondary N) is 1. The zero-order chi connectivity index (χ0) is 20.1. The van der Waals surface area contributed by atoms with Gasteiger partial charge in [-0.15, -0.1) is 0 Å². The van der Waals surface area contributed by atoms with Crippen LogP contribution in [0.5, 0.6) is 0 Å². The lowest BCUT2D eigenvalue weighted by molar-refractivity contribution is -0.117. The summed E-state index contributed by atoms with van der Waals surface area (Å²) in [4.78, 5) is 12.6. The maximum atomic E-state index is 13.9. The summed E-state index contributed by atoms with van der Waals surface area (Å²) in [6, 6.07) is 8.87. The number of rotatable bonds is 4. The first-order valence-electron chi connectivity index (χ1n) is 9.06. The standard InChI is InChI=1S/C20H20F2N2O3S/c1-28(26,27)24-8-7-14-12(11-24)3-2-4-19(14)23-20(25)17-10-16(17)15-6-5-13(21)9-18(15)22/h2-6,9,16-17H,7-8,10-11H2,1H3,(H,23,25). The van der Waals surface area contributed by atoms with Crippen LogP contribution in [-0.4, -0.2) is 31.4 Å². The largest absolute Gasteiger partial charge is 0.326 e. The third-order valence-electron chi connectivity index (χ3n) is 5.45. The molecule has 2 aliphatic rings. The number of amides is 1. The van der Waals surface area contributed by atoms with E-state index in [1.165, 1.54) is 22.7 Å². The van der Waals surface area contributed by atoms with Gasteiger partial charge in [-0.2, -0.15) is 4.31 Å². The van der Waals surface area contributed by atoms with Crippen molar-refractivity contribution in [3.63, 3.8) is 0 Å². The molecule has 2 aromatic rings. The Balaban J connectivity index is 1.48. The molecular weight excluding hydrogens is 386 g/mol. The van der Waals surface area contributed by atoms with Crippen LogP contribution in [-0.2, 0) is 27.8 Å². The van der Waals surface area contributed by atoms with Crippen LogP contribution in [0.3, 0.4) is 0 Å². The van der Waals surface area contributed by atoms with E-state index in [9.17, 15) is 22.0 Å². The van der Waals surface area contributed by atoms with Crippen LogP contribution in [0.1, 0.15) is 29.0 Å². The minimum atomic E-state index is -3.27. The van der Waals surface area contributed by atoms with E-state index in [0.717, 1.165) is 17.2 Å². The number of nitrogens with zero attached hydrogens (tertiary/aromatic N) is 1. The molecule has 4 rings (SSSR count). The fourth-order valence-corrected chi connectivity index (χ4v) is 4.64. The highest BCUT2D eigenvalue weighted by Gasteiger charge is 2.45. The highest BCUT2D eigenvalue weighted by atomic mass is 32.2. The van der Waals surface area contributed by atoms with Gasteiger partial charge < -0.3 is 5.32 Å². The van der Waals surface area contributed by atoms with Crippen LogP contribution in [0.25, 0.3) is 0 Å². The van der Waals surface area contributed by atoms with Crippen LogP contribution in [0.15, 0.2) is 36.4 Å². The Hall–Kier alpha value is -2.32. The normalized spacial score (nSPS) is 21.8. The summed E-state index contributed by atoms with van der Waals surface area (Å²) in [6.07, 6.45) is 2.22. The van der Waals surface area contributed by atoms with Gasteiger partial charge in [0.2, 0.25) is 15.9 Å². The second-order valence-electron chi connectivity index (χ2n) is 7.39. The second kappa shape index (κ2) is 6.93. The molecule has 2 unspecified atom stereocenters. The predicted molar refractivity (Wildman–Crippen MR) is 101 cm³/mol. The Labute approximate surface area is 162 Å². The molecule has 1 saturated carbocycles. The lowest BCUT2D eigenvalue weighted by atomic mass is 9.99. The molecule has 1 fully saturated rings. The van der Waals surface area contributed by atoms with Gasteiger partial charge in [-0.1, -0.05) is 18.2 Å². The molecule has 2 aromatic carbocycles. The van der Waals surface area contributed by atoms with E-state index in [1.807, 2.05) is 6.07 Å². The summed E-state index contributed by atoms with van der Waals surface area (Å²) >= 11 is 0. The van der Waals surface area contributed by atoms with E-state index < -0.39 is 21.7 Å². The number of sulfonamides is 1. The number of carbonyl (C=O) groups excluding carboxylic acids is 1. The third-order valence-corrected chi connectivity index (χ3v) is 6.70. The monoisotopic (exact) mass is 406 g/mol. The summed E-state index contributed by atoms with van der Waals surface area (Å²) in [5, 5.41) is 2.91. The quantitative estimate of drug-likeness (QED) is 0.849. The van der Waals surface area contributed by atoms with Gasteiger partial charge in [0.1, 0.15) is 11.6 Å². The Morgan fingerprint density at radius 1 is 1.21 bits per heavy atom. The number of benzene rings is 2. The minimum absolute atomic E-state index is 0.201. The topological polar surface area (TPSA) is 66.5 Å². The Morgan fingerprint density at radius 2 is 2.00 bits per heavy atom. The van der Waals surface area contributed by atoms with E-state index in [4.69, 9.17) is 0 Å². The van der Waals surface area contributed by atoms with Crippen molar-refractivity contribution in [2.75, 3.05) is 18.1 Å². The molecule has 1 N–H and O–H groups in total. The van der Waals surface area contributed by atoms with Gasteiger partial charge in [-0.3, -0.25) is 4.79 Å². The maximum absolute atomic E-state index is 13.9. The molecule has 0 radical (unpaired) electrons. The Kier molecular flexibility index (Phi) is 4.71. The molecular formula is C20H20F2N2O3S. The third kappa shape index (κ3) is 3.66. The number of anilines is 1. The smallest absolute Gasteiger partial charge is 0.228 e. The molecule has 0 aromatic heterocycles. The Morgan fingerprint density at radius 3 is 2.71 bits per heavy atom. The summed E-state index contributed by atoms with van der Waals surface area (Å²) in [5.74, 6) is -2.07. The Bertz CT molecular complexity index is 1060. The lowest BCUT2D eigenvalue weighted by Gasteiger charge is -2.28. The summed E-state index contributed by atoms with van der Waals surface area (Å²) < 4.78 is 52.0. The van der Waals surface area contributed by atoms with E-state index in [2.05, 4.69) is 5.32 Å². The molecule has 1 heterocycles. The molecule has 0 spiro atoms. The molecule has 0 bridgehead atoms. The van der Waals surface area contributed by atoms with Crippen molar-refractivity contribution in [1.82, 2.24) is 4.31 Å². The molecule has 1 amide bonds. The second-order valence-corrected chi connectivity index (χ2v) is 9.38. The van der Waals surface area contributed by atoms with Crippen molar-refractivity contribution in [1.29, 1.82) is 0 Å². The molecule has 5 nitrogen and oxygen atoms in total. The molecule has 148 valence electrons. The van der Waals surface area contributed by atoms with Crippen LogP contribution in [0.4, 0.5) is 14.5 Å². The number of fused-ring (bicyclic) bond motifs is 1. The zero-order valence-corrected chi connectivity index (χ0v) is 16.1. The molecule has 1 aliphatic carbocycles. The van der Waals surface area contributed by atoms with Gasteiger partial charge >= 0.3 is 0 Å². The molecule has 8 heteroatoms. The van der Waals surface area contributed by atoms with Crippen LogP contribution < -0.4 is 5.32 Å². The summed E-state index contributed by atoms with van der Waals surface area (Å²) in [5.41, 5.74) is 2.83. The van der Waals surface area contributed by atoms with E-state index in [1.54, 1.807) is 12.1 Å². The van der Waals surface area contributed by atoms with Gasteiger partial charge in [0, 0.05) is 30.8 Å². The van der Waals surface area contributed by atoms with Crippen molar-refractivity contribution >= 4 is 21.6 Å². The van der Waals surface area contributed by atoms with Crippen molar-refractivity contribution in [2.24, 2.45) is 5.92 Å². The predicted octanol–water partition coefficient (Wildman–Crippen LogP) is 3.02. The van der Waals surface area contributed by atoms with E-state index >= 15 is 0 Å². The average Bonchev–Trinajstić information content (AvgIpc) is 3.41. The maximum Gasteiger partial charge on any atom is 0.228 e. The molecule has 28 heavy (non-hydrogen) atoms. The number of carbonyl (C=O) groups is 1. The highest BCUT2D eigenvalue weighted by Crippen LogP contribution is 2.49. The van der Waals surface area contributed by atoms with Crippen LogP contribution in [0.2, 0.25) is 0 Å². The highest BCUT2D eigenvalue weighted by molar-refractivity contribution is 7.88. The van der Waals surface area contributed by atoms with Crippen LogP contribution in [0, 0.1) is 17.6 Å². The van der Waals surface area contributed by atoms with Crippen LogP contribution >= 0.6 is 0 Å². The first kappa shape index (κ1) is 19.0. The van der Waals surface area contributed by atoms with Gasteiger partial charge in [-0.05, 0) is 47.6 Å². The molecule has 0 saturated heterocycles. The van der Waals surface area contributed by atoms with Gasteiger partial charge in [0.25, 0.3) is 0 Å². The van der Waals surface area contributed by atoms with Gasteiger partial charge in [0.15, 0.2) is 0 Å². The van der Waals surface area contributed by atoms with Crippen molar-refractivity contribution in [3.05, 3.63) is 64.7 Å². The average molecular weight is 406 g/mol. The van der Waals surface area contributed by atoms with Crippen molar-refractivity contribution in [3.8, 4) is 0 Å². The number of halogens is 2. The van der Waals surface area contributed by atoms with Crippen molar-refractivity contribution in [2.45, 2.75) is 25.3 Å². The molecule has 2 atom stereocenters. The zero-order valence-electron chi connectivity index (χ0n) is 15.3. The minimum Gasteiger partial charge on any atom is -0.326 e. The number of hydrogen-bond acceptors (Lipinski definition) is 3. The lowest BCUT2D eigenvalue weighted by Crippen LogP contribution is -2.35. The van der Waals surface area contributed by atoms with Gasteiger partial charge in [-0.25, -0.2) is 17.2 Å². The fraction of sp³-hybridized carbons (Fsp3) is 0.350. The van der Waals surface area contributed by atoms with Crippen molar-refractivity contribution < 1.29 is 22.0 Å². The number of hydrogen-bond donors (Lipinski definition) is 1. The SMILES string of the molecule is CS(=O)(=O)N1CCc2c(cccc2NC(=O)C2CC2c2ccc(F)cc2F)C1. The van der Waals surface area contributed by atoms with Gasteiger partial charge in [0.05, 0.1) is 6.26 Å². The first-order valence-corrected chi connectivity index (χ1v) is 10.9. The summed E-state index contributed by atoms with van der Waals surface area (Å²) in [6.45, 7) is 0.649. The summed E-state index contributed by atoms with van der Waals surface area (Å²) in [7, 11) is -3.27. The van der Waals surface area contributed by atoms with E-state index in [0.29, 0.717) is 30.6 Å².